The Bertz CT molecular complexity index is 184. The van der Waals surface area contributed by atoms with Crippen molar-refractivity contribution in [3.8, 4) is 0 Å². The fourth-order valence-corrected chi connectivity index (χ4v) is 0.968. The summed E-state index contributed by atoms with van der Waals surface area (Å²) in [5, 5.41) is 0. The number of benzene rings is 1. The van der Waals surface area contributed by atoms with Gasteiger partial charge in [-0.25, -0.2) is 0 Å². The third-order valence-electron chi connectivity index (χ3n) is 1.38. The van der Waals surface area contributed by atoms with E-state index in [9.17, 15) is 0 Å². The van der Waals surface area contributed by atoms with Gasteiger partial charge in [0.1, 0.15) is 0 Å². The summed E-state index contributed by atoms with van der Waals surface area (Å²) in [4.78, 5) is 0. The van der Waals surface area contributed by atoms with E-state index in [0.29, 0.717) is 0 Å². The van der Waals surface area contributed by atoms with Gasteiger partial charge in [0, 0.05) is 21.1 Å². The van der Waals surface area contributed by atoms with E-state index in [2.05, 4.69) is 12.1 Å². The molecule has 0 heterocycles. The van der Waals surface area contributed by atoms with Crippen LogP contribution in [0, 0.1) is 0 Å². The fraction of sp³-hybridized carbons (Fsp3) is 0.333. The molecule has 0 aromatic heterocycles. The van der Waals surface area contributed by atoms with E-state index in [1.165, 1.54) is 5.56 Å². The molecule has 0 saturated heterocycles. The molecule has 2 heteroatoms. The van der Waals surface area contributed by atoms with Crippen molar-refractivity contribution in [2.24, 2.45) is 0 Å². The van der Waals surface area contributed by atoms with E-state index >= 15 is 0 Å². The van der Waals surface area contributed by atoms with Crippen LogP contribution in [0.3, 0.4) is 0 Å². The molecule has 0 aliphatic heterocycles. The van der Waals surface area contributed by atoms with Gasteiger partial charge in [-0.05, 0) is 12.0 Å². The number of rotatable bonds is 2. The Balaban J connectivity index is 0.000001000. The Morgan fingerprint density at radius 2 is 1.82 bits per heavy atom. The van der Waals surface area contributed by atoms with Gasteiger partial charge >= 0.3 is 0 Å². The zero-order valence-corrected chi connectivity index (χ0v) is 9.51. The van der Waals surface area contributed by atoms with Gasteiger partial charge in [0.05, 0.1) is 0 Å². The summed E-state index contributed by atoms with van der Waals surface area (Å²) in [6.07, 6.45) is 0.862. The summed E-state index contributed by atoms with van der Waals surface area (Å²) in [6.45, 7) is 1.91. The molecule has 1 nitrogen and oxygen atoms in total. The summed E-state index contributed by atoms with van der Waals surface area (Å²) in [6, 6.07) is 10.2. The van der Waals surface area contributed by atoms with E-state index in [-0.39, 0.29) is 27.1 Å². The molecule has 0 radical (unpaired) electrons. The maximum atomic E-state index is 7.32. The molecule has 60 valence electrons. The Hall–Kier alpha value is -0.132. The smallest absolute Gasteiger partial charge is 0 e. The third-order valence-corrected chi connectivity index (χ3v) is 1.38. The molecule has 1 unspecified atom stereocenters. The standard InChI is InChI=1S/C9H12N.W/c1-8(10)7-9-5-3-2-4-6-9;/h2-6,8,10H,7H2,1H3;/q-1;. The van der Waals surface area contributed by atoms with Crippen molar-refractivity contribution >= 4 is 0 Å². The van der Waals surface area contributed by atoms with Crippen molar-refractivity contribution in [2.75, 3.05) is 0 Å². The van der Waals surface area contributed by atoms with Crippen molar-refractivity contribution in [2.45, 2.75) is 19.4 Å². The van der Waals surface area contributed by atoms with E-state index in [1.807, 2.05) is 25.1 Å². The minimum absolute atomic E-state index is 0. The third kappa shape index (κ3) is 4.34. The number of hydrogen-bond acceptors (Lipinski definition) is 0. The van der Waals surface area contributed by atoms with Crippen LogP contribution >= 0.6 is 0 Å². The first-order chi connectivity index (χ1) is 4.79. The summed E-state index contributed by atoms with van der Waals surface area (Å²) < 4.78 is 0. The molecule has 1 N–H and O–H groups in total. The van der Waals surface area contributed by atoms with Crippen LogP contribution in [0.25, 0.3) is 5.73 Å². The summed E-state index contributed by atoms with van der Waals surface area (Å²) in [5.41, 5.74) is 8.57. The topological polar surface area (TPSA) is 23.8 Å². The van der Waals surface area contributed by atoms with Crippen molar-refractivity contribution in [3.05, 3.63) is 41.6 Å². The van der Waals surface area contributed by atoms with E-state index < -0.39 is 0 Å². The molecule has 1 atom stereocenters. The van der Waals surface area contributed by atoms with Gasteiger partial charge in [-0.1, -0.05) is 37.3 Å². The molecule has 1 aromatic rings. The summed E-state index contributed by atoms with van der Waals surface area (Å²) in [5.74, 6) is 0. The quantitative estimate of drug-likeness (QED) is 0.801. The predicted octanol–water partition coefficient (Wildman–Crippen LogP) is 2.67. The van der Waals surface area contributed by atoms with Crippen LogP contribution in [0.1, 0.15) is 12.5 Å². The van der Waals surface area contributed by atoms with Crippen LogP contribution in [-0.4, -0.2) is 6.04 Å². The molecule has 0 amide bonds. The Morgan fingerprint density at radius 3 is 2.27 bits per heavy atom. The van der Waals surface area contributed by atoms with Gasteiger partial charge in [-0.2, -0.15) is 0 Å². The molecular weight excluding hydrogens is 306 g/mol. The first-order valence-corrected chi connectivity index (χ1v) is 3.54. The van der Waals surface area contributed by atoms with Gasteiger partial charge in [0.25, 0.3) is 0 Å². The molecular formula is C9H12NW-. The largest absolute Gasteiger partial charge is 0.675 e. The van der Waals surface area contributed by atoms with Gasteiger partial charge in [0.15, 0.2) is 0 Å². The molecule has 0 spiro atoms. The molecule has 0 aliphatic rings. The monoisotopic (exact) mass is 318 g/mol. The minimum atomic E-state index is 0. The predicted molar refractivity (Wildman–Crippen MR) is 43.9 cm³/mol. The molecule has 0 fully saturated rings. The van der Waals surface area contributed by atoms with Crippen molar-refractivity contribution < 1.29 is 21.1 Å². The Kier molecular flexibility index (Phi) is 5.44. The summed E-state index contributed by atoms with van der Waals surface area (Å²) >= 11 is 0. The van der Waals surface area contributed by atoms with Crippen LogP contribution in [0.5, 0.6) is 0 Å². The zero-order valence-electron chi connectivity index (χ0n) is 6.58. The van der Waals surface area contributed by atoms with Crippen molar-refractivity contribution in [1.82, 2.24) is 0 Å². The first-order valence-electron chi connectivity index (χ1n) is 3.54. The van der Waals surface area contributed by atoms with Crippen LogP contribution < -0.4 is 0 Å². The average molecular weight is 318 g/mol. The van der Waals surface area contributed by atoms with Crippen molar-refractivity contribution in [3.63, 3.8) is 0 Å². The molecule has 1 aromatic carbocycles. The second-order valence-electron chi connectivity index (χ2n) is 2.59. The molecule has 11 heavy (non-hydrogen) atoms. The number of nitrogens with one attached hydrogen (secondary N) is 1. The second-order valence-corrected chi connectivity index (χ2v) is 2.59. The maximum absolute atomic E-state index is 7.32. The van der Waals surface area contributed by atoms with Gasteiger partial charge in [0.2, 0.25) is 0 Å². The van der Waals surface area contributed by atoms with Crippen LogP contribution in [0.4, 0.5) is 0 Å². The minimum Gasteiger partial charge on any atom is -0.675 e. The van der Waals surface area contributed by atoms with Gasteiger partial charge < -0.3 is 5.73 Å². The van der Waals surface area contributed by atoms with Crippen LogP contribution in [0.2, 0.25) is 0 Å². The Labute approximate surface area is 82.3 Å². The normalized spacial score (nSPS) is 11.8. The molecule has 0 saturated carbocycles. The van der Waals surface area contributed by atoms with Gasteiger partial charge in [-0.15, -0.1) is 6.04 Å². The molecule has 0 bridgehead atoms. The van der Waals surface area contributed by atoms with E-state index in [1.54, 1.807) is 0 Å². The maximum Gasteiger partial charge on any atom is 0 e. The zero-order chi connectivity index (χ0) is 7.40. The Morgan fingerprint density at radius 1 is 1.27 bits per heavy atom. The molecule has 0 aliphatic carbocycles. The first kappa shape index (κ1) is 10.9. The molecule has 1 rings (SSSR count). The number of hydrogen-bond donors (Lipinski definition) is 0. The summed E-state index contributed by atoms with van der Waals surface area (Å²) in [7, 11) is 0. The van der Waals surface area contributed by atoms with E-state index in [0.717, 1.165) is 6.42 Å². The van der Waals surface area contributed by atoms with E-state index in [4.69, 9.17) is 5.73 Å². The fourth-order valence-electron chi connectivity index (χ4n) is 0.968. The second kappa shape index (κ2) is 5.51. The average Bonchev–Trinajstić information content (AvgIpc) is 1.88. The SMILES string of the molecule is CC([NH-])Cc1ccccc1.[W]. The van der Waals surface area contributed by atoms with Gasteiger partial charge in [-0.3, -0.25) is 0 Å². The van der Waals surface area contributed by atoms with Crippen LogP contribution in [-0.2, 0) is 27.5 Å². The van der Waals surface area contributed by atoms with Crippen molar-refractivity contribution in [1.29, 1.82) is 0 Å². The van der Waals surface area contributed by atoms with Crippen LogP contribution in [0.15, 0.2) is 30.3 Å².